The minimum absolute atomic E-state index is 0.0107. The normalized spacial score (nSPS) is 15.1. The number of aromatic hydroxyl groups is 1. The number of hydrazine groups is 1. The van der Waals surface area contributed by atoms with Crippen LogP contribution >= 0.6 is 0 Å². The number of ether oxygens (including phenoxy) is 1. The Hall–Kier alpha value is -3.54. The van der Waals surface area contributed by atoms with Crippen LogP contribution in [-0.2, 0) is 16.0 Å². The minimum Gasteiger partial charge on any atom is -0.504 e. The first kappa shape index (κ1) is 18.3. The van der Waals surface area contributed by atoms with Gasteiger partial charge in [-0.05, 0) is 49.2 Å². The van der Waals surface area contributed by atoms with Crippen molar-refractivity contribution in [3.8, 4) is 11.5 Å². The highest BCUT2D eigenvalue weighted by Crippen LogP contribution is 2.33. The zero-order chi connectivity index (χ0) is 19.4. The summed E-state index contributed by atoms with van der Waals surface area (Å²) in [5.74, 6) is -0.593. The molecule has 0 radical (unpaired) electrons. The molecule has 138 valence electrons. The van der Waals surface area contributed by atoms with Crippen LogP contribution in [0.15, 0.2) is 60.7 Å². The highest BCUT2D eigenvalue weighted by Gasteiger charge is 2.34. The van der Waals surface area contributed by atoms with Crippen LogP contribution in [0.2, 0.25) is 0 Å². The summed E-state index contributed by atoms with van der Waals surface area (Å²) in [4.78, 5) is 25.0. The fraction of sp³-hybridized carbons (Fsp3) is 0.143. The molecule has 1 fully saturated rings. The van der Waals surface area contributed by atoms with Gasteiger partial charge in [0.25, 0.3) is 11.8 Å². The summed E-state index contributed by atoms with van der Waals surface area (Å²) in [6, 6.07) is 12.2. The Balaban J connectivity index is 1.99. The fourth-order valence-electron chi connectivity index (χ4n) is 2.83. The molecule has 1 saturated heterocycles. The lowest BCUT2D eigenvalue weighted by molar-refractivity contribution is -0.117. The molecule has 0 unspecified atom stereocenters. The standard InChI is InChI=1S/C21H20N2O4/c1-3-8-15-11-14(13-18(19(15)24)27-4-2)12-17-20(25)22-23(21(17)26)16-9-6-5-7-10-16/h3,5-7,9-13,24H,1,4,8H2,2H3,(H,22,25). The summed E-state index contributed by atoms with van der Waals surface area (Å²) < 4.78 is 5.46. The van der Waals surface area contributed by atoms with Crippen molar-refractivity contribution in [2.45, 2.75) is 13.3 Å². The Kier molecular flexibility index (Phi) is 5.26. The van der Waals surface area contributed by atoms with E-state index < -0.39 is 11.8 Å². The van der Waals surface area contributed by atoms with Crippen molar-refractivity contribution in [2.24, 2.45) is 0 Å². The maximum atomic E-state index is 12.7. The molecule has 1 aliphatic heterocycles. The lowest BCUT2D eigenvalue weighted by Gasteiger charge is -2.14. The number of nitrogens with zero attached hydrogens (tertiary/aromatic N) is 1. The van der Waals surface area contributed by atoms with Gasteiger partial charge < -0.3 is 9.84 Å². The summed E-state index contributed by atoms with van der Waals surface area (Å²) in [7, 11) is 0. The maximum Gasteiger partial charge on any atom is 0.282 e. The number of hydrogen-bond donors (Lipinski definition) is 2. The molecular formula is C21H20N2O4. The SMILES string of the molecule is C=CCc1cc(C=C2C(=O)NN(c3ccccc3)C2=O)cc(OCC)c1O. The first-order valence-corrected chi connectivity index (χ1v) is 8.57. The number of carbonyl (C=O) groups excluding carboxylic acids is 2. The lowest BCUT2D eigenvalue weighted by atomic mass is 10.0. The van der Waals surface area contributed by atoms with Gasteiger partial charge in [-0.2, -0.15) is 0 Å². The third-order valence-electron chi connectivity index (χ3n) is 4.06. The number of phenolic OH excluding ortho intramolecular Hbond substituents is 1. The van der Waals surface area contributed by atoms with E-state index in [-0.39, 0.29) is 11.3 Å². The van der Waals surface area contributed by atoms with Crippen LogP contribution in [0.4, 0.5) is 5.69 Å². The molecule has 6 heteroatoms. The first-order valence-electron chi connectivity index (χ1n) is 8.57. The zero-order valence-corrected chi connectivity index (χ0v) is 14.9. The molecule has 0 bridgehead atoms. The molecular weight excluding hydrogens is 344 g/mol. The van der Waals surface area contributed by atoms with Gasteiger partial charge in [-0.1, -0.05) is 24.3 Å². The summed E-state index contributed by atoms with van der Waals surface area (Å²) in [5, 5.41) is 11.5. The molecule has 0 aliphatic carbocycles. The number of phenols is 1. The van der Waals surface area contributed by atoms with Crippen molar-refractivity contribution < 1.29 is 19.4 Å². The number of para-hydroxylation sites is 1. The number of rotatable bonds is 6. The van der Waals surface area contributed by atoms with E-state index in [0.29, 0.717) is 35.6 Å². The van der Waals surface area contributed by atoms with E-state index in [4.69, 9.17) is 4.74 Å². The van der Waals surface area contributed by atoms with Crippen molar-refractivity contribution in [3.63, 3.8) is 0 Å². The Labute approximate surface area is 157 Å². The molecule has 2 N–H and O–H groups in total. The number of anilines is 1. The number of nitrogens with one attached hydrogen (secondary N) is 1. The third kappa shape index (κ3) is 3.69. The van der Waals surface area contributed by atoms with E-state index in [1.54, 1.807) is 42.5 Å². The molecule has 1 heterocycles. The van der Waals surface area contributed by atoms with Gasteiger partial charge in [-0.15, -0.1) is 6.58 Å². The Bertz CT molecular complexity index is 919. The van der Waals surface area contributed by atoms with Gasteiger partial charge in [0.15, 0.2) is 11.5 Å². The van der Waals surface area contributed by atoms with Gasteiger partial charge >= 0.3 is 0 Å². The molecule has 27 heavy (non-hydrogen) atoms. The second kappa shape index (κ2) is 7.78. The van der Waals surface area contributed by atoms with Crippen LogP contribution in [-0.4, -0.2) is 23.5 Å². The predicted octanol–water partition coefficient (Wildman–Crippen LogP) is 2.98. The van der Waals surface area contributed by atoms with Crippen LogP contribution in [0.3, 0.4) is 0 Å². The van der Waals surface area contributed by atoms with Crippen molar-refractivity contribution in [3.05, 3.63) is 71.8 Å². The Morgan fingerprint density at radius 2 is 1.96 bits per heavy atom. The molecule has 0 atom stereocenters. The zero-order valence-electron chi connectivity index (χ0n) is 14.9. The van der Waals surface area contributed by atoms with Gasteiger partial charge in [0.2, 0.25) is 0 Å². The van der Waals surface area contributed by atoms with Gasteiger partial charge in [0, 0.05) is 5.56 Å². The van der Waals surface area contributed by atoms with Crippen molar-refractivity contribution in [2.75, 3.05) is 11.6 Å². The molecule has 2 aromatic carbocycles. The first-order chi connectivity index (χ1) is 13.0. The minimum atomic E-state index is -0.486. The fourth-order valence-corrected chi connectivity index (χ4v) is 2.83. The topological polar surface area (TPSA) is 78.9 Å². The van der Waals surface area contributed by atoms with Crippen LogP contribution in [0.25, 0.3) is 6.08 Å². The molecule has 2 aromatic rings. The summed E-state index contributed by atoms with van der Waals surface area (Å²) in [6.07, 6.45) is 3.58. The van der Waals surface area contributed by atoms with E-state index in [1.165, 1.54) is 11.1 Å². The average molecular weight is 364 g/mol. The van der Waals surface area contributed by atoms with Gasteiger partial charge in [0.1, 0.15) is 5.57 Å². The Morgan fingerprint density at radius 1 is 1.22 bits per heavy atom. The van der Waals surface area contributed by atoms with Crippen LogP contribution in [0.5, 0.6) is 11.5 Å². The number of hydrogen-bond acceptors (Lipinski definition) is 4. The summed E-state index contributed by atoms with van der Waals surface area (Å²) >= 11 is 0. The van der Waals surface area contributed by atoms with Crippen molar-refractivity contribution in [1.82, 2.24) is 5.43 Å². The quantitative estimate of drug-likeness (QED) is 0.469. The predicted molar refractivity (Wildman–Crippen MR) is 103 cm³/mol. The average Bonchev–Trinajstić information content (AvgIpc) is 2.94. The number of carbonyl (C=O) groups is 2. The van der Waals surface area contributed by atoms with Crippen LogP contribution in [0, 0.1) is 0 Å². The monoisotopic (exact) mass is 364 g/mol. The molecule has 0 saturated carbocycles. The summed E-state index contributed by atoms with van der Waals surface area (Å²) in [6.45, 7) is 5.87. The van der Waals surface area contributed by atoms with E-state index in [9.17, 15) is 14.7 Å². The third-order valence-corrected chi connectivity index (χ3v) is 4.06. The van der Waals surface area contributed by atoms with E-state index >= 15 is 0 Å². The van der Waals surface area contributed by atoms with E-state index in [2.05, 4.69) is 12.0 Å². The van der Waals surface area contributed by atoms with Gasteiger partial charge in [0.05, 0.1) is 12.3 Å². The number of allylic oxidation sites excluding steroid dienone is 1. The second-order valence-corrected chi connectivity index (χ2v) is 5.93. The van der Waals surface area contributed by atoms with Crippen molar-refractivity contribution in [1.29, 1.82) is 0 Å². The van der Waals surface area contributed by atoms with Crippen LogP contribution in [0.1, 0.15) is 18.1 Å². The molecule has 0 spiro atoms. The van der Waals surface area contributed by atoms with Gasteiger partial charge in [-0.25, -0.2) is 5.01 Å². The maximum absolute atomic E-state index is 12.7. The van der Waals surface area contributed by atoms with Crippen LogP contribution < -0.4 is 15.2 Å². The number of amides is 2. The van der Waals surface area contributed by atoms with Crippen molar-refractivity contribution >= 4 is 23.6 Å². The molecule has 3 rings (SSSR count). The van der Waals surface area contributed by atoms with E-state index in [1.807, 2.05) is 13.0 Å². The molecule has 2 amide bonds. The highest BCUT2D eigenvalue weighted by molar-refractivity contribution is 6.31. The van der Waals surface area contributed by atoms with E-state index in [0.717, 1.165) is 0 Å². The Morgan fingerprint density at radius 3 is 2.63 bits per heavy atom. The van der Waals surface area contributed by atoms with Gasteiger partial charge in [-0.3, -0.25) is 15.0 Å². The largest absolute Gasteiger partial charge is 0.504 e. The molecule has 0 aromatic heterocycles. The highest BCUT2D eigenvalue weighted by atomic mass is 16.5. The number of benzene rings is 2. The molecule has 1 aliphatic rings. The summed E-state index contributed by atoms with van der Waals surface area (Å²) in [5.41, 5.74) is 4.34. The smallest absolute Gasteiger partial charge is 0.282 e. The lowest BCUT2D eigenvalue weighted by Crippen LogP contribution is -2.35. The molecule has 6 nitrogen and oxygen atoms in total. The second-order valence-electron chi connectivity index (χ2n) is 5.93.